The third-order valence-corrected chi connectivity index (χ3v) is 5.23. The Bertz CT molecular complexity index is 572. The SMILES string of the molecule is C[C@H](N)c1ccc(SCc2ccccc2Cl)c(Br)c1. The van der Waals surface area contributed by atoms with Crippen LogP contribution in [0.1, 0.15) is 24.1 Å². The van der Waals surface area contributed by atoms with Crippen LogP contribution in [0.25, 0.3) is 0 Å². The molecule has 1 nitrogen and oxygen atoms in total. The van der Waals surface area contributed by atoms with Gasteiger partial charge in [0, 0.05) is 26.2 Å². The molecule has 2 aromatic rings. The fourth-order valence-corrected chi connectivity index (χ4v) is 3.63. The molecule has 2 rings (SSSR count). The summed E-state index contributed by atoms with van der Waals surface area (Å²) in [5.41, 5.74) is 8.16. The molecule has 0 spiro atoms. The van der Waals surface area contributed by atoms with Crippen LogP contribution >= 0.6 is 39.3 Å². The summed E-state index contributed by atoms with van der Waals surface area (Å²) >= 11 is 11.5. The maximum absolute atomic E-state index is 6.16. The molecule has 2 N–H and O–H groups in total. The van der Waals surface area contributed by atoms with Gasteiger partial charge in [0.25, 0.3) is 0 Å². The zero-order chi connectivity index (χ0) is 13.8. The van der Waals surface area contributed by atoms with E-state index in [4.69, 9.17) is 17.3 Å². The van der Waals surface area contributed by atoms with Crippen LogP contribution < -0.4 is 5.73 Å². The topological polar surface area (TPSA) is 26.0 Å². The summed E-state index contributed by atoms with van der Waals surface area (Å²) in [6, 6.07) is 14.2. The second kappa shape index (κ2) is 6.80. The lowest BCUT2D eigenvalue weighted by Crippen LogP contribution is -2.04. The van der Waals surface area contributed by atoms with Gasteiger partial charge in [0.2, 0.25) is 0 Å². The van der Waals surface area contributed by atoms with E-state index >= 15 is 0 Å². The molecule has 0 heterocycles. The molecule has 2 aromatic carbocycles. The average molecular weight is 357 g/mol. The molecule has 0 aliphatic rings. The van der Waals surface area contributed by atoms with Crippen molar-refractivity contribution in [3.8, 4) is 0 Å². The van der Waals surface area contributed by atoms with E-state index < -0.39 is 0 Å². The number of hydrogen-bond donors (Lipinski definition) is 1. The Morgan fingerprint density at radius 3 is 2.63 bits per heavy atom. The first-order valence-corrected chi connectivity index (χ1v) is 8.15. The van der Waals surface area contributed by atoms with Gasteiger partial charge in [-0.1, -0.05) is 35.9 Å². The van der Waals surface area contributed by atoms with Gasteiger partial charge in [0.15, 0.2) is 0 Å². The Balaban J connectivity index is 2.10. The van der Waals surface area contributed by atoms with Gasteiger partial charge < -0.3 is 5.73 Å². The molecule has 4 heteroatoms. The van der Waals surface area contributed by atoms with Crippen molar-refractivity contribution >= 4 is 39.3 Å². The highest BCUT2D eigenvalue weighted by Crippen LogP contribution is 2.33. The van der Waals surface area contributed by atoms with E-state index in [0.717, 1.165) is 26.4 Å². The molecule has 0 unspecified atom stereocenters. The first-order chi connectivity index (χ1) is 9.08. The molecule has 0 saturated heterocycles. The van der Waals surface area contributed by atoms with Crippen molar-refractivity contribution in [2.75, 3.05) is 0 Å². The van der Waals surface area contributed by atoms with E-state index in [1.54, 1.807) is 11.8 Å². The van der Waals surface area contributed by atoms with Crippen molar-refractivity contribution in [1.29, 1.82) is 0 Å². The number of hydrogen-bond acceptors (Lipinski definition) is 2. The minimum absolute atomic E-state index is 0.0546. The summed E-state index contributed by atoms with van der Waals surface area (Å²) in [5.74, 6) is 0.857. The summed E-state index contributed by atoms with van der Waals surface area (Å²) in [5, 5.41) is 0.818. The number of benzene rings is 2. The highest BCUT2D eigenvalue weighted by Gasteiger charge is 2.06. The lowest BCUT2D eigenvalue weighted by Gasteiger charge is -2.10. The third kappa shape index (κ3) is 3.99. The van der Waals surface area contributed by atoms with Crippen molar-refractivity contribution in [2.45, 2.75) is 23.6 Å². The zero-order valence-electron chi connectivity index (χ0n) is 10.6. The Morgan fingerprint density at radius 2 is 2.00 bits per heavy atom. The van der Waals surface area contributed by atoms with Gasteiger partial charge in [-0.3, -0.25) is 0 Å². The normalized spacial score (nSPS) is 12.4. The maximum Gasteiger partial charge on any atom is 0.0446 e. The summed E-state index contributed by atoms with van der Waals surface area (Å²) in [7, 11) is 0. The minimum atomic E-state index is 0.0546. The quantitative estimate of drug-likeness (QED) is 0.741. The molecule has 0 bridgehead atoms. The highest BCUT2D eigenvalue weighted by atomic mass is 79.9. The van der Waals surface area contributed by atoms with Gasteiger partial charge >= 0.3 is 0 Å². The van der Waals surface area contributed by atoms with Crippen molar-refractivity contribution in [1.82, 2.24) is 0 Å². The van der Waals surface area contributed by atoms with Crippen molar-refractivity contribution in [3.05, 3.63) is 63.1 Å². The molecule has 19 heavy (non-hydrogen) atoms. The molecule has 1 atom stereocenters. The number of rotatable bonds is 4. The molecule has 0 amide bonds. The lowest BCUT2D eigenvalue weighted by atomic mass is 10.1. The Hall–Kier alpha value is -0.480. The predicted octanol–water partition coefficient (Wildman–Crippen LogP) is 5.41. The summed E-state index contributed by atoms with van der Waals surface area (Å²) in [4.78, 5) is 1.20. The zero-order valence-corrected chi connectivity index (χ0v) is 13.7. The Morgan fingerprint density at radius 1 is 1.26 bits per heavy atom. The van der Waals surface area contributed by atoms with E-state index in [1.807, 2.05) is 25.1 Å². The molecule has 0 fully saturated rings. The van der Waals surface area contributed by atoms with Crippen LogP contribution in [0.5, 0.6) is 0 Å². The van der Waals surface area contributed by atoms with Crippen LogP contribution in [0, 0.1) is 0 Å². The Kier molecular flexibility index (Phi) is 5.34. The second-order valence-corrected chi connectivity index (χ2v) is 6.64. The fourth-order valence-electron chi connectivity index (χ4n) is 1.69. The molecular formula is C15H15BrClNS. The third-order valence-electron chi connectivity index (χ3n) is 2.82. The predicted molar refractivity (Wildman–Crippen MR) is 87.8 cm³/mol. The van der Waals surface area contributed by atoms with Crippen molar-refractivity contribution < 1.29 is 0 Å². The van der Waals surface area contributed by atoms with Crippen LogP contribution in [-0.2, 0) is 5.75 Å². The average Bonchev–Trinajstić information content (AvgIpc) is 2.39. The molecule has 0 saturated carbocycles. The maximum atomic E-state index is 6.16. The van der Waals surface area contributed by atoms with Crippen LogP contribution in [0.3, 0.4) is 0 Å². The molecular weight excluding hydrogens is 342 g/mol. The molecule has 0 radical (unpaired) electrons. The van der Waals surface area contributed by atoms with Gasteiger partial charge in [-0.05, 0) is 52.2 Å². The van der Waals surface area contributed by atoms with Crippen molar-refractivity contribution in [2.24, 2.45) is 5.73 Å². The minimum Gasteiger partial charge on any atom is -0.324 e. The van der Waals surface area contributed by atoms with E-state index in [-0.39, 0.29) is 6.04 Å². The fraction of sp³-hybridized carbons (Fsp3) is 0.200. The van der Waals surface area contributed by atoms with Crippen LogP contribution in [0.2, 0.25) is 5.02 Å². The van der Waals surface area contributed by atoms with E-state index in [9.17, 15) is 0 Å². The van der Waals surface area contributed by atoms with Crippen LogP contribution in [-0.4, -0.2) is 0 Å². The number of nitrogens with two attached hydrogens (primary N) is 1. The van der Waals surface area contributed by atoms with Crippen LogP contribution in [0.15, 0.2) is 51.8 Å². The second-order valence-electron chi connectivity index (χ2n) is 4.36. The molecule has 0 aromatic heterocycles. The lowest BCUT2D eigenvalue weighted by molar-refractivity contribution is 0.815. The largest absolute Gasteiger partial charge is 0.324 e. The summed E-state index contributed by atoms with van der Waals surface area (Å²) in [6.07, 6.45) is 0. The van der Waals surface area contributed by atoms with Gasteiger partial charge in [-0.2, -0.15) is 0 Å². The van der Waals surface area contributed by atoms with Gasteiger partial charge in [-0.25, -0.2) is 0 Å². The van der Waals surface area contributed by atoms with Crippen LogP contribution in [0.4, 0.5) is 0 Å². The van der Waals surface area contributed by atoms with Gasteiger partial charge in [0.05, 0.1) is 0 Å². The van der Waals surface area contributed by atoms with Crippen molar-refractivity contribution in [3.63, 3.8) is 0 Å². The molecule has 100 valence electrons. The van der Waals surface area contributed by atoms with E-state index in [0.29, 0.717) is 0 Å². The number of thioether (sulfide) groups is 1. The summed E-state index contributed by atoms with van der Waals surface area (Å²) in [6.45, 7) is 1.98. The van der Waals surface area contributed by atoms with E-state index in [1.165, 1.54) is 4.90 Å². The standard InChI is InChI=1S/C15H15BrClNS/c1-10(18)11-6-7-15(13(16)8-11)19-9-12-4-2-3-5-14(12)17/h2-8,10H,9,18H2,1H3/t10-/m0/s1. The van der Waals surface area contributed by atoms with E-state index in [2.05, 4.69) is 40.2 Å². The molecule has 0 aliphatic carbocycles. The molecule has 0 aliphatic heterocycles. The number of halogens is 2. The highest BCUT2D eigenvalue weighted by molar-refractivity contribution is 9.10. The monoisotopic (exact) mass is 355 g/mol. The van der Waals surface area contributed by atoms with Gasteiger partial charge in [0.1, 0.15) is 0 Å². The van der Waals surface area contributed by atoms with Gasteiger partial charge in [-0.15, -0.1) is 11.8 Å². The smallest absolute Gasteiger partial charge is 0.0446 e. The first-order valence-electron chi connectivity index (χ1n) is 5.99. The Labute approximate surface area is 131 Å². The first kappa shape index (κ1) is 14.9. The summed E-state index contributed by atoms with van der Waals surface area (Å²) < 4.78 is 1.08.